The van der Waals surface area contributed by atoms with Crippen molar-refractivity contribution in [1.82, 2.24) is 0 Å². The summed E-state index contributed by atoms with van der Waals surface area (Å²) in [4.78, 5) is 15.7. The number of amidine groups is 2. The predicted molar refractivity (Wildman–Crippen MR) is 115 cm³/mol. The lowest BCUT2D eigenvalue weighted by Crippen LogP contribution is -2.13. The number of nitrogens with two attached hydrogens (primary N) is 2. The summed E-state index contributed by atoms with van der Waals surface area (Å²) in [6.07, 6.45) is 2.62. The maximum Gasteiger partial charge on any atom is 0.252 e. The standard InChI is InChI=1S/C16H21BrN6OS2/c17-11-5-3-4-10(8-11)9-14(24)23-16(22)26-13(19)7-2-1-6-12(18)25-15(20)21/h3-5,8,18-19H,1-2,6-7,9H2,(H3,20,21)(H2,22,23,24). The van der Waals surface area contributed by atoms with E-state index < -0.39 is 0 Å². The van der Waals surface area contributed by atoms with Gasteiger partial charge in [-0.2, -0.15) is 4.99 Å². The molecule has 0 saturated heterocycles. The Kier molecular flexibility index (Phi) is 10.2. The highest BCUT2D eigenvalue weighted by Gasteiger charge is 2.07. The van der Waals surface area contributed by atoms with Gasteiger partial charge in [0.05, 0.1) is 16.5 Å². The van der Waals surface area contributed by atoms with Gasteiger partial charge < -0.3 is 11.5 Å². The Hall–Kier alpha value is -1.65. The Morgan fingerprint density at radius 2 is 1.69 bits per heavy atom. The van der Waals surface area contributed by atoms with E-state index in [0.717, 1.165) is 40.0 Å². The average Bonchev–Trinajstić information content (AvgIpc) is 2.50. The van der Waals surface area contributed by atoms with Crippen LogP contribution in [0.5, 0.6) is 0 Å². The molecule has 0 fully saturated rings. The number of thioether (sulfide) groups is 2. The van der Waals surface area contributed by atoms with Gasteiger partial charge in [-0.1, -0.05) is 28.1 Å². The number of hydrogen-bond acceptors (Lipinski definition) is 6. The molecular formula is C16H21BrN6OS2. The normalized spacial score (nSPS) is 11.2. The Balaban J connectivity index is 2.32. The minimum Gasteiger partial charge on any atom is -0.378 e. The molecule has 0 heterocycles. The first kappa shape index (κ1) is 22.4. The van der Waals surface area contributed by atoms with Crippen LogP contribution in [0.2, 0.25) is 0 Å². The molecule has 7 nitrogen and oxygen atoms in total. The molecule has 0 bridgehead atoms. The molecule has 0 aliphatic heterocycles. The highest BCUT2D eigenvalue weighted by Crippen LogP contribution is 2.15. The fraction of sp³-hybridized carbons (Fsp3) is 0.312. The minimum absolute atomic E-state index is 0.0647. The lowest BCUT2D eigenvalue weighted by Gasteiger charge is -2.04. The number of carbonyl (C=O) groups is 1. The number of rotatable bonds is 7. The largest absolute Gasteiger partial charge is 0.378 e. The molecular weight excluding hydrogens is 436 g/mol. The van der Waals surface area contributed by atoms with Crippen molar-refractivity contribution < 1.29 is 4.79 Å². The third kappa shape index (κ3) is 10.4. The molecule has 1 amide bonds. The third-order valence-electron chi connectivity index (χ3n) is 3.00. The lowest BCUT2D eigenvalue weighted by molar-refractivity contribution is -0.117. The predicted octanol–water partition coefficient (Wildman–Crippen LogP) is 3.71. The molecule has 26 heavy (non-hydrogen) atoms. The Morgan fingerprint density at radius 3 is 2.27 bits per heavy atom. The van der Waals surface area contributed by atoms with Crippen LogP contribution >= 0.6 is 39.5 Å². The summed E-state index contributed by atoms with van der Waals surface area (Å²) in [5, 5.41) is 23.2. The van der Waals surface area contributed by atoms with Gasteiger partial charge in [0, 0.05) is 4.47 Å². The van der Waals surface area contributed by atoms with Crippen molar-refractivity contribution in [2.75, 3.05) is 0 Å². The van der Waals surface area contributed by atoms with Gasteiger partial charge in [0.25, 0.3) is 5.91 Å². The summed E-state index contributed by atoms with van der Waals surface area (Å²) in [5.41, 5.74) is 11.8. The van der Waals surface area contributed by atoms with Crippen LogP contribution < -0.4 is 11.5 Å². The van der Waals surface area contributed by atoms with E-state index in [0.29, 0.717) is 29.3 Å². The second-order valence-electron chi connectivity index (χ2n) is 5.27. The Bertz CT molecular complexity index is 722. The molecule has 0 aliphatic carbocycles. The van der Waals surface area contributed by atoms with Crippen molar-refractivity contribution in [3.05, 3.63) is 34.3 Å². The van der Waals surface area contributed by atoms with Crippen molar-refractivity contribution in [3.8, 4) is 0 Å². The molecule has 10 heteroatoms. The summed E-state index contributed by atoms with van der Waals surface area (Å²) >= 11 is 5.27. The van der Waals surface area contributed by atoms with Gasteiger partial charge in [0.2, 0.25) is 0 Å². The zero-order valence-electron chi connectivity index (χ0n) is 14.0. The third-order valence-corrected chi connectivity index (χ3v) is 4.91. The highest BCUT2D eigenvalue weighted by molar-refractivity contribution is 9.10. The van der Waals surface area contributed by atoms with Crippen molar-refractivity contribution >= 4 is 65.8 Å². The number of nitrogens with one attached hydrogen (secondary N) is 3. The molecule has 140 valence electrons. The molecule has 0 spiro atoms. The second-order valence-corrected chi connectivity index (χ2v) is 8.44. The van der Waals surface area contributed by atoms with E-state index in [9.17, 15) is 4.79 Å². The SMILES string of the molecule is N=C(N)SC(=N)CCCCC(=N)SC(N)=NC(=O)Cc1cccc(Br)c1. The number of halogens is 1. The van der Waals surface area contributed by atoms with Gasteiger partial charge in [0.1, 0.15) is 0 Å². The molecule has 0 saturated carbocycles. The maximum absolute atomic E-state index is 11.9. The van der Waals surface area contributed by atoms with E-state index in [-0.39, 0.29) is 22.7 Å². The van der Waals surface area contributed by atoms with Crippen molar-refractivity contribution in [2.24, 2.45) is 16.5 Å². The number of unbranched alkanes of at least 4 members (excludes halogenated alkanes) is 1. The van der Waals surface area contributed by atoms with E-state index >= 15 is 0 Å². The number of hydrogen-bond donors (Lipinski definition) is 5. The first-order chi connectivity index (χ1) is 12.3. The molecule has 0 aromatic heterocycles. The number of carbonyl (C=O) groups excluding carboxylic acids is 1. The molecule has 1 aromatic rings. The van der Waals surface area contributed by atoms with Crippen molar-refractivity contribution in [1.29, 1.82) is 16.2 Å². The Labute approximate surface area is 169 Å². The summed E-state index contributed by atoms with van der Waals surface area (Å²) in [6.45, 7) is 0. The van der Waals surface area contributed by atoms with E-state index in [1.54, 1.807) is 0 Å². The molecule has 1 rings (SSSR count). The monoisotopic (exact) mass is 456 g/mol. The smallest absolute Gasteiger partial charge is 0.252 e. The number of benzene rings is 1. The first-order valence-electron chi connectivity index (χ1n) is 7.72. The van der Waals surface area contributed by atoms with Crippen LogP contribution in [0.15, 0.2) is 33.7 Å². The molecule has 0 atom stereocenters. The first-order valence-corrected chi connectivity index (χ1v) is 10.1. The second kappa shape index (κ2) is 11.9. The van der Waals surface area contributed by atoms with Crippen molar-refractivity contribution in [2.45, 2.75) is 32.1 Å². The summed E-state index contributed by atoms with van der Waals surface area (Å²) in [7, 11) is 0. The van der Waals surface area contributed by atoms with E-state index in [4.69, 9.17) is 27.7 Å². The molecule has 1 aromatic carbocycles. The number of amides is 1. The van der Waals surface area contributed by atoms with Gasteiger partial charge in [-0.25, -0.2) is 0 Å². The van der Waals surface area contributed by atoms with Crippen LogP contribution in [0.25, 0.3) is 0 Å². The maximum atomic E-state index is 11.9. The number of nitrogens with zero attached hydrogens (tertiary/aromatic N) is 1. The summed E-state index contributed by atoms with van der Waals surface area (Å²) < 4.78 is 0.894. The zero-order chi connectivity index (χ0) is 19.5. The van der Waals surface area contributed by atoms with Crippen LogP contribution in [-0.2, 0) is 11.2 Å². The number of aliphatic imine (C=N–C) groups is 1. The molecule has 0 aliphatic rings. The van der Waals surface area contributed by atoms with E-state index in [1.807, 2.05) is 24.3 Å². The Morgan fingerprint density at radius 1 is 1.08 bits per heavy atom. The van der Waals surface area contributed by atoms with Gasteiger partial charge in [-0.3, -0.25) is 21.0 Å². The quantitative estimate of drug-likeness (QED) is 0.240. The fourth-order valence-corrected chi connectivity index (χ4v) is 3.54. The fourth-order valence-electron chi connectivity index (χ4n) is 1.94. The molecule has 7 N–H and O–H groups in total. The van der Waals surface area contributed by atoms with Crippen molar-refractivity contribution in [3.63, 3.8) is 0 Å². The topological polar surface area (TPSA) is 153 Å². The molecule has 0 radical (unpaired) electrons. The van der Waals surface area contributed by atoms with Crippen LogP contribution in [0.3, 0.4) is 0 Å². The summed E-state index contributed by atoms with van der Waals surface area (Å²) in [6, 6.07) is 7.41. The lowest BCUT2D eigenvalue weighted by atomic mass is 10.1. The van der Waals surface area contributed by atoms with Gasteiger partial charge in [-0.05, 0) is 66.9 Å². The molecule has 0 unspecified atom stereocenters. The van der Waals surface area contributed by atoms with Crippen LogP contribution in [0, 0.1) is 16.2 Å². The highest BCUT2D eigenvalue weighted by atomic mass is 79.9. The van der Waals surface area contributed by atoms with E-state index in [1.165, 1.54) is 0 Å². The van der Waals surface area contributed by atoms with Crippen LogP contribution in [-0.4, -0.2) is 26.3 Å². The summed E-state index contributed by atoms with van der Waals surface area (Å²) in [5.74, 6) is -0.351. The van der Waals surface area contributed by atoms with Gasteiger partial charge >= 0.3 is 0 Å². The minimum atomic E-state index is -0.351. The zero-order valence-corrected chi connectivity index (χ0v) is 17.3. The van der Waals surface area contributed by atoms with Crippen LogP contribution in [0.4, 0.5) is 0 Å². The van der Waals surface area contributed by atoms with E-state index in [2.05, 4.69) is 20.9 Å². The average molecular weight is 457 g/mol. The van der Waals surface area contributed by atoms with Crippen LogP contribution in [0.1, 0.15) is 31.2 Å². The van der Waals surface area contributed by atoms with Gasteiger partial charge in [0.15, 0.2) is 10.3 Å². The van der Waals surface area contributed by atoms with Gasteiger partial charge in [-0.15, -0.1) is 0 Å².